The van der Waals surface area contributed by atoms with Gasteiger partial charge >= 0.3 is 0 Å². The molecule has 1 aromatic heterocycles. The van der Waals surface area contributed by atoms with E-state index in [-0.39, 0.29) is 23.5 Å². The summed E-state index contributed by atoms with van der Waals surface area (Å²) in [6, 6.07) is 3.31. The van der Waals surface area contributed by atoms with Gasteiger partial charge in [-0.2, -0.15) is 5.10 Å². The van der Waals surface area contributed by atoms with Gasteiger partial charge in [0.2, 0.25) is 0 Å². The van der Waals surface area contributed by atoms with Gasteiger partial charge in [-0.3, -0.25) is 9.48 Å². The molecule has 1 amide bonds. The standard InChI is InChI=1S/C14H11BF2N4O/c16-9-2-1-8(5-10(9)17)13-12(14(19)22)11-6-15(7-18)3-4-21(11)20-13/h1-2,5H,3-4,6H2,(H2,19,22). The molecule has 0 bridgehead atoms. The highest BCUT2D eigenvalue weighted by molar-refractivity contribution is 6.66. The Morgan fingerprint density at radius 3 is 2.82 bits per heavy atom. The van der Waals surface area contributed by atoms with Crippen molar-refractivity contribution >= 4 is 12.6 Å². The Balaban J connectivity index is 2.16. The fourth-order valence-corrected chi connectivity index (χ4v) is 2.72. The average Bonchev–Trinajstić information content (AvgIpc) is 2.88. The lowest BCUT2D eigenvalue weighted by atomic mass is 9.45. The lowest BCUT2D eigenvalue weighted by Crippen LogP contribution is -2.28. The number of nitrogens with zero attached hydrogens (tertiary/aromatic N) is 3. The van der Waals surface area contributed by atoms with Crippen molar-refractivity contribution in [1.82, 2.24) is 9.78 Å². The second-order valence-electron chi connectivity index (χ2n) is 5.21. The highest BCUT2D eigenvalue weighted by Gasteiger charge is 2.30. The molecule has 5 nitrogen and oxygen atoms in total. The van der Waals surface area contributed by atoms with Gasteiger partial charge in [-0.25, -0.2) is 14.0 Å². The molecule has 0 unspecified atom stereocenters. The van der Waals surface area contributed by atoms with E-state index in [1.165, 1.54) is 6.07 Å². The van der Waals surface area contributed by atoms with Crippen molar-refractivity contribution in [2.24, 2.45) is 5.73 Å². The van der Waals surface area contributed by atoms with Gasteiger partial charge in [-0.05, 0) is 30.8 Å². The van der Waals surface area contributed by atoms with Gasteiger partial charge in [0, 0.05) is 23.8 Å². The van der Waals surface area contributed by atoms with Crippen LogP contribution in [0.5, 0.6) is 0 Å². The molecule has 1 aliphatic heterocycles. The number of aromatic nitrogens is 2. The molecule has 3 rings (SSSR count). The van der Waals surface area contributed by atoms with Gasteiger partial charge < -0.3 is 5.73 Å². The lowest BCUT2D eigenvalue weighted by Gasteiger charge is -2.15. The summed E-state index contributed by atoms with van der Waals surface area (Å²) in [5.41, 5.74) is 6.68. The first-order valence-corrected chi connectivity index (χ1v) is 6.75. The molecule has 0 radical (unpaired) electrons. The quantitative estimate of drug-likeness (QED) is 0.854. The Bertz CT molecular complexity index is 812. The van der Waals surface area contributed by atoms with Crippen LogP contribution in [0.15, 0.2) is 18.2 Å². The number of aryl methyl sites for hydroxylation is 1. The molecule has 0 fully saturated rings. The Morgan fingerprint density at radius 1 is 1.41 bits per heavy atom. The van der Waals surface area contributed by atoms with Gasteiger partial charge in [0.05, 0.1) is 5.56 Å². The minimum atomic E-state index is -1.02. The highest BCUT2D eigenvalue weighted by atomic mass is 19.2. The lowest BCUT2D eigenvalue weighted by molar-refractivity contribution is 0.1000. The van der Waals surface area contributed by atoms with E-state index in [0.29, 0.717) is 24.9 Å². The molecule has 8 heteroatoms. The number of benzene rings is 1. The molecule has 2 heterocycles. The van der Waals surface area contributed by atoms with Crippen LogP contribution in [0.25, 0.3) is 11.3 Å². The first-order chi connectivity index (χ1) is 10.5. The number of nitrogens with two attached hydrogens (primary N) is 1. The van der Waals surface area contributed by atoms with Gasteiger partial charge in [0.1, 0.15) is 5.69 Å². The zero-order valence-electron chi connectivity index (χ0n) is 11.5. The third kappa shape index (κ3) is 2.24. The topological polar surface area (TPSA) is 84.7 Å². The van der Waals surface area contributed by atoms with E-state index in [0.717, 1.165) is 12.1 Å². The number of carbonyl (C=O) groups is 1. The van der Waals surface area contributed by atoms with E-state index >= 15 is 0 Å². The molecule has 0 aliphatic carbocycles. The molecule has 110 valence electrons. The molecule has 0 spiro atoms. The third-order valence-corrected chi connectivity index (χ3v) is 3.81. The van der Waals surface area contributed by atoms with Crippen LogP contribution >= 0.6 is 0 Å². The van der Waals surface area contributed by atoms with Crippen LogP contribution in [0, 0.1) is 22.9 Å². The molecular weight excluding hydrogens is 289 g/mol. The third-order valence-electron chi connectivity index (χ3n) is 3.81. The van der Waals surface area contributed by atoms with Crippen molar-refractivity contribution in [3.8, 4) is 17.2 Å². The zero-order valence-corrected chi connectivity index (χ0v) is 11.5. The fraction of sp³-hybridized carbons (Fsp3) is 0.214. The van der Waals surface area contributed by atoms with E-state index in [1.54, 1.807) is 4.68 Å². The SMILES string of the molecule is N#CB1CCn2nc(-c3ccc(F)c(F)c3)c(C(N)=O)c2C1. The normalized spacial score (nSPS) is 13.6. The van der Waals surface area contributed by atoms with Crippen LogP contribution in [0.2, 0.25) is 6.32 Å². The number of carbonyl (C=O) groups excluding carboxylic acids is 1. The predicted octanol–water partition coefficient (Wildman–Crippen LogP) is 1.58. The number of rotatable bonds is 2. The van der Waals surface area contributed by atoms with E-state index < -0.39 is 17.5 Å². The van der Waals surface area contributed by atoms with Gasteiger partial charge in [0.25, 0.3) is 12.6 Å². The number of primary amides is 1. The number of fused-ring (bicyclic) bond motifs is 1. The van der Waals surface area contributed by atoms with Gasteiger partial charge in [0.15, 0.2) is 11.6 Å². The summed E-state index contributed by atoms with van der Waals surface area (Å²) in [7, 11) is 0. The van der Waals surface area contributed by atoms with Crippen molar-refractivity contribution in [1.29, 1.82) is 5.26 Å². The van der Waals surface area contributed by atoms with Gasteiger partial charge in [-0.15, -0.1) is 0 Å². The van der Waals surface area contributed by atoms with Crippen molar-refractivity contribution in [3.05, 3.63) is 41.1 Å². The number of nitriles is 1. The van der Waals surface area contributed by atoms with Crippen LogP contribution in [0.4, 0.5) is 8.78 Å². The van der Waals surface area contributed by atoms with Crippen LogP contribution < -0.4 is 5.73 Å². The smallest absolute Gasteiger partial charge is 0.275 e. The second kappa shape index (κ2) is 5.26. The minimum absolute atomic E-state index is 0.172. The molecule has 2 aromatic rings. The summed E-state index contributed by atoms with van der Waals surface area (Å²) in [5.74, 6) is -0.515. The maximum atomic E-state index is 13.4. The van der Waals surface area contributed by atoms with E-state index in [1.807, 2.05) is 0 Å². The molecule has 0 saturated carbocycles. The maximum Gasteiger partial charge on any atom is 0.275 e. The first kappa shape index (κ1) is 14.3. The van der Waals surface area contributed by atoms with Crippen molar-refractivity contribution in [3.63, 3.8) is 0 Å². The van der Waals surface area contributed by atoms with Gasteiger partial charge in [-0.1, -0.05) is 0 Å². The molecular formula is C14H11BF2N4O. The van der Waals surface area contributed by atoms with Crippen LogP contribution in [-0.2, 0) is 12.9 Å². The van der Waals surface area contributed by atoms with E-state index in [4.69, 9.17) is 11.0 Å². The first-order valence-electron chi connectivity index (χ1n) is 6.75. The predicted molar refractivity (Wildman–Crippen MR) is 76.0 cm³/mol. The molecule has 22 heavy (non-hydrogen) atoms. The van der Waals surface area contributed by atoms with Crippen LogP contribution in [0.1, 0.15) is 16.1 Å². The van der Waals surface area contributed by atoms with Crippen molar-refractivity contribution < 1.29 is 13.6 Å². The number of hydrogen-bond donors (Lipinski definition) is 1. The zero-order chi connectivity index (χ0) is 15.9. The highest BCUT2D eigenvalue weighted by Crippen LogP contribution is 2.29. The Labute approximate surface area is 125 Å². The Morgan fingerprint density at radius 2 is 2.18 bits per heavy atom. The van der Waals surface area contributed by atoms with E-state index in [2.05, 4.69) is 11.1 Å². The Kier molecular flexibility index (Phi) is 3.41. The summed E-state index contributed by atoms with van der Waals surface area (Å²) >= 11 is 0. The largest absolute Gasteiger partial charge is 0.365 e. The summed E-state index contributed by atoms with van der Waals surface area (Å²) in [5, 5.41) is 13.3. The summed E-state index contributed by atoms with van der Waals surface area (Å²) in [4.78, 5) is 11.8. The van der Waals surface area contributed by atoms with Crippen LogP contribution in [0.3, 0.4) is 0 Å². The molecule has 1 aromatic carbocycles. The molecule has 2 N–H and O–H groups in total. The second-order valence-corrected chi connectivity index (χ2v) is 5.21. The molecule has 1 aliphatic rings. The number of amides is 1. The summed E-state index contributed by atoms with van der Waals surface area (Å²) in [6.07, 6.45) is 0.992. The average molecular weight is 300 g/mol. The maximum absolute atomic E-state index is 13.4. The molecule has 0 atom stereocenters. The number of hydrogen-bond acceptors (Lipinski definition) is 3. The van der Waals surface area contributed by atoms with Crippen molar-refractivity contribution in [2.45, 2.75) is 19.2 Å². The van der Waals surface area contributed by atoms with Crippen molar-refractivity contribution in [2.75, 3.05) is 0 Å². The summed E-state index contributed by atoms with van der Waals surface area (Å²) in [6.45, 7) is 0.275. The van der Waals surface area contributed by atoms with Crippen LogP contribution in [-0.4, -0.2) is 22.4 Å². The Hall–Kier alpha value is -2.69. The fourth-order valence-electron chi connectivity index (χ4n) is 2.72. The summed E-state index contributed by atoms with van der Waals surface area (Å²) < 4.78 is 28.1. The molecule has 0 saturated heterocycles. The number of halogens is 2. The minimum Gasteiger partial charge on any atom is -0.365 e. The monoisotopic (exact) mass is 300 g/mol. The van der Waals surface area contributed by atoms with E-state index in [9.17, 15) is 13.6 Å².